The van der Waals surface area contributed by atoms with Crippen molar-refractivity contribution in [3.63, 3.8) is 0 Å². The van der Waals surface area contributed by atoms with Gasteiger partial charge in [-0.25, -0.2) is 9.97 Å². The van der Waals surface area contributed by atoms with Gasteiger partial charge in [0.15, 0.2) is 22.4 Å². The summed E-state index contributed by atoms with van der Waals surface area (Å²) in [5, 5.41) is 3.14. The highest BCUT2D eigenvalue weighted by atomic mass is 32.2. The molecule has 0 spiro atoms. The lowest BCUT2D eigenvalue weighted by molar-refractivity contribution is -0.113. The molecule has 9 heteroatoms. The number of ketones is 1. The van der Waals surface area contributed by atoms with Crippen LogP contribution in [0.3, 0.4) is 0 Å². The summed E-state index contributed by atoms with van der Waals surface area (Å²) in [6.45, 7) is 3.31. The Bertz CT molecular complexity index is 836. The molecule has 0 saturated heterocycles. The number of amides is 1. The lowest BCUT2D eigenvalue weighted by Crippen LogP contribution is -2.16. The van der Waals surface area contributed by atoms with Crippen LogP contribution in [-0.2, 0) is 4.79 Å². The predicted octanol–water partition coefficient (Wildman–Crippen LogP) is 2.03. The Labute approximate surface area is 148 Å². The van der Waals surface area contributed by atoms with Gasteiger partial charge in [-0.3, -0.25) is 9.59 Å². The normalized spacial score (nSPS) is 12.1. The number of anilines is 2. The number of hydrogen-bond donors (Lipinski definition) is 2. The molecular weight excluding hydrogens is 344 g/mol. The number of aromatic nitrogens is 2. The van der Waals surface area contributed by atoms with Gasteiger partial charge in [-0.05, 0) is 19.9 Å². The Morgan fingerprint density at radius 3 is 2.64 bits per heavy atom. The van der Waals surface area contributed by atoms with Gasteiger partial charge in [0.2, 0.25) is 12.7 Å². The highest BCUT2D eigenvalue weighted by Crippen LogP contribution is 2.37. The van der Waals surface area contributed by atoms with Gasteiger partial charge in [-0.2, -0.15) is 0 Å². The molecule has 0 unspecified atom stereocenters. The van der Waals surface area contributed by atoms with Crippen LogP contribution in [0.4, 0.5) is 11.5 Å². The van der Waals surface area contributed by atoms with Crippen LogP contribution >= 0.6 is 11.8 Å². The number of benzene rings is 1. The number of carbonyl (C=O) groups is 2. The Hall–Kier alpha value is -2.81. The van der Waals surface area contributed by atoms with Gasteiger partial charge in [0.25, 0.3) is 0 Å². The van der Waals surface area contributed by atoms with Crippen molar-refractivity contribution in [1.29, 1.82) is 0 Å². The Morgan fingerprint density at radius 2 is 1.96 bits per heavy atom. The van der Waals surface area contributed by atoms with E-state index in [1.165, 1.54) is 6.92 Å². The molecule has 1 aromatic heterocycles. The molecule has 3 N–H and O–H groups in total. The average molecular weight is 360 g/mol. The largest absolute Gasteiger partial charge is 0.454 e. The molecule has 25 heavy (non-hydrogen) atoms. The zero-order valence-electron chi connectivity index (χ0n) is 13.7. The van der Waals surface area contributed by atoms with Crippen molar-refractivity contribution in [3.05, 3.63) is 29.5 Å². The smallest absolute Gasteiger partial charge is 0.234 e. The minimum atomic E-state index is -0.296. The number of nitrogen functional groups attached to an aromatic ring is 1. The van der Waals surface area contributed by atoms with E-state index in [0.717, 1.165) is 17.5 Å². The highest BCUT2D eigenvalue weighted by Gasteiger charge is 2.20. The number of nitrogens with zero attached hydrogens (tertiary/aromatic N) is 2. The minimum Gasteiger partial charge on any atom is -0.454 e. The maximum atomic E-state index is 12.2. The van der Waals surface area contributed by atoms with E-state index in [9.17, 15) is 9.59 Å². The highest BCUT2D eigenvalue weighted by molar-refractivity contribution is 7.99. The number of Topliss-reactive ketones (excluding diaryl/α,β-unsaturated/α-hetero) is 1. The van der Waals surface area contributed by atoms with Gasteiger partial charge in [-0.1, -0.05) is 11.8 Å². The molecule has 2 heterocycles. The van der Waals surface area contributed by atoms with E-state index in [1.807, 2.05) is 0 Å². The van der Waals surface area contributed by atoms with Gasteiger partial charge in [-0.15, -0.1) is 0 Å². The van der Waals surface area contributed by atoms with Gasteiger partial charge < -0.3 is 20.5 Å². The molecule has 0 bridgehead atoms. The molecule has 1 aromatic carbocycles. The fourth-order valence-corrected chi connectivity index (χ4v) is 2.99. The lowest BCUT2D eigenvalue weighted by atomic mass is 10.1. The van der Waals surface area contributed by atoms with Crippen molar-refractivity contribution in [2.75, 3.05) is 23.6 Å². The number of thioether (sulfide) groups is 1. The van der Waals surface area contributed by atoms with E-state index in [1.54, 1.807) is 25.1 Å². The number of rotatable bonds is 5. The van der Waals surface area contributed by atoms with Gasteiger partial charge in [0, 0.05) is 23.4 Å². The first-order valence-corrected chi connectivity index (χ1v) is 8.39. The van der Waals surface area contributed by atoms with Crippen molar-refractivity contribution in [3.8, 4) is 11.5 Å². The number of ether oxygens (including phenoxy) is 2. The molecule has 0 radical (unpaired) electrons. The standard InChI is InChI=1S/C16H16N4O4S/c1-8-3-14(17)20-16(18-8)25-6-15(22)19-11-5-13-12(23-7-24-13)4-10(11)9(2)21/h3-5H,6-7H2,1-2H3,(H,19,22)(H2,17,18,20). The van der Waals surface area contributed by atoms with Gasteiger partial charge >= 0.3 is 0 Å². The summed E-state index contributed by atoms with van der Waals surface area (Å²) in [7, 11) is 0. The monoisotopic (exact) mass is 360 g/mol. The van der Waals surface area contributed by atoms with Crippen molar-refractivity contribution in [2.45, 2.75) is 19.0 Å². The van der Waals surface area contributed by atoms with Crippen LogP contribution in [-0.4, -0.2) is 34.2 Å². The molecule has 1 aliphatic rings. The van der Waals surface area contributed by atoms with E-state index in [2.05, 4.69) is 15.3 Å². The van der Waals surface area contributed by atoms with Crippen LogP contribution in [0.25, 0.3) is 0 Å². The Morgan fingerprint density at radius 1 is 1.24 bits per heavy atom. The average Bonchev–Trinajstić information content (AvgIpc) is 2.98. The molecule has 1 amide bonds. The number of hydrogen-bond acceptors (Lipinski definition) is 8. The number of nitrogens with one attached hydrogen (secondary N) is 1. The molecule has 8 nitrogen and oxygen atoms in total. The van der Waals surface area contributed by atoms with Crippen molar-refractivity contribution in [1.82, 2.24) is 9.97 Å². The molecule has 0 saturated carbocycles. The summed E-state index contributed by atoms with van der Waals surface area (Å²) >= 11 is 1.16. The second-order valence-corrected chi connectivity index (χ2v) is 6.30. The quantitative estimate of drug-likeness (QED) is 0.473. The first-order chi connectivity index (χ1) is 11.9. The number of nitrogens with two attached hydrogens (primary N) is 1. The van der Waals surface area contributed by atoms with Gasteiger partial charge in [0.05, 0.1) is 11.4 Å². The fraction of sp³-hybridized carbons (Fsp3) is 0.250. The van der Waals surface area contributed by atoms with Crippen LogP contribution in [0, 0.1) is 6.92 Å². The van der Waals surface area contributed by atoms with Crippen LogP contribution in [0.15, 0.2) is 23.4 Å². The molecule has 0 atom stereocenters. The lowest BCUT2D eigenvalue weighted by Gasteiger charge is -2.10. The van der Waals surface area contributed by atoms with Crippen molar-refractivity contribution < 1.29 is 19.1 Å². The third-order valence-corrected chi connectivity index (χ3v) is 4.20. The second-order valence-electron chi connectivity index (χ2n) is 5.36. The van der Waals surface area contributed by atoms with E-state index in [4.69, 9.17) is 15.2 Å². The molecule has 130 valence electrons. The number of aryl methyl sites for hydroxylation is 1. The summed E-state index contributed by atoms with van der Waals surface area (Å²) in [5.41, 5.74) is 7.13. The van der Waals surface area contributed by atoms with E-state index < -0.39 is 0 Å². The first kappa shape index (κ1) is 17.0. The minimum absolute atomic E-state index is 0.0781. The van der Waals surface area contributed by atoms with E-state index >= 15 is 0 Å². The van der Waals surface area contributed by atoms with E-state index in [-0.39, 0.29) is 24.2 Å². The van der Waals surface area contributed by atoms with E-state index in [0.29, 0.717) is 33.7 Å². The van der Waals surface area contributed by atoms with Crippen LogP contribution in [0.2, 0.25) is 0 Å². The number of carbonyl (C=O) groups excluding carboxylic acids is 2. The summed E-state index contributed by atoms with van der Waals surface area (Å²) < 4.78 is 10.5. The second kappa shape index (κ2) is 6.98. The number of fused-ring (bicyclic) bond motifs is 1. The molecule has 2 aromatic rings. The maximum absolute atomic E-state index is 12.2. The van der Waals surface area contributed by atoms with Crippen LogP contribution < -0.4 is 20.5 Å². The van der Waals surface area contributed by atoms with Gasteiger partial charge in [0.1, 0.15) is 5.82 Å². The topological polar surface area (TPSA) is 116 Å². The zero-order valence-corrected chi connectivity index (χ0v) is 14.5. The summed E-state index contributed by atoms with van der Waals surface area (Å²) in [4.78, 5) is 32.3. The molecular formula is C16H16N4O4S. The summed E-state index contributed by atoms with van der Waals surface area (Å²) in [6.07, 6.45) is 0. The molecule has 0 aliphatic carbocycles. The zero-order chi connectivity index (χ0) is 18.0. The predicted molar refractivity (Wildman–Crippen MR) is 93.1 cm³/mol. The molecule has 1 aliphatic heterocycles. The van der Waals surface area contributed by atoms with Crippen molar-refractivity contribution >= 4 is 35.0 Å². The molecule has 3 rings (SSSR count). The first-order valence-electron chi connectivity index (χ1n) is 7.41. The maximum Gasteiger partial charge on any atom is 0.234 e. The SMILES string of the molecule is CC(=O)c1cc2c(cc1NC(=O)CSc1nc(C)cc(N)n1)OCO2. The molecule has 0 fully saturated rings. The Balaban J connectivity index is 1.71. The summed E-state index contributed by atoms with van der Waals surface area (Å²) in [5.74, 6) is 0.925. The third-order valence-electron chi connectivity index (χ3n) is 3.35. The fourth-order valence-electron chi connectivity index (χ4n) is 2.28. The summed E-state index contributed by atoms with van der Waals surface area (Å²) in [6, 6.07) is 4.80. The Kier molecular flexibility index (Phi) is 4.75. The third kappa shape index (κ3) is 4.00. The van der Waals surface area contributed by atoms with Crippen LogP contribution in [0.5, 0.6) is 11.5 Å². The van der Waals surface area contributed by atoms with Crippen LogP contribution in [0.1, 0.15) is 23.0 Å². The van der Waals surface area contributed by atoms with Crippen molar-refractivity contribution in [2.24, 2.45) is 0 Å².